The van der Waals surface area contributed by atoms with E-state index >= 15 is 0 Å². The molecule has 7 nitrogen and oxygen atoms in total. The molecule has 148 valence electrons. The van der Waals surface area contributed by atoms with Crippen molar-refractivity contribution < 1.29 is 4.74 Å². The van der Waals surface area contributed by atoms with Gasteiger partial charge in [-0.05, 0) is 17.9 Å². The van der Waals surface area contributed by atoms with E-state index < -0.39 is 0 Å². The molecule has 0 bridgehead atoms. The molecule has 0 N–H and O–H groups in total. The Bertz CT molecular complexity index is 929. The Labute approximate surface area is 163 Å². The first-order valence-electron chi connectivity index (χ1n) is 9.40. The molecule has 1 aliphatic rings. The summed E-state index contributed by atoms with van der Waals surface area (Å²) >= 11 is 1.70. The Hall–Kier alpha value is -1.64. The number of ether oxygens (including phenoxy) is 1. The molecule has 3 heterocycles. The van der Waals surface area contributed by atoms with Crippen LogP contribution < -0.4 is 11.2 Å². The van der Waals surface area contributed by atoms with Crippen molar-refractivity contribution in [3.8, 4) is 0 Å². The molecule has 0 unspecified atom stereocenters. The van der Waals surface area contributed by atoms with Gasteiger partial charge in [0, 0.05) is 50.6 Å². The van der Waals surface area contributed by atoms with E-state index in [2.05, 4.69) is 23.7 Å². The lowest BCUT2D eigenvalue weighted by Gasteiger charge is -2.26. The van der Waals surface area contributed by atoms with Gasteiger partial charge in [-0.3, -0.25) is 18.8 Å². The van der Waals surface area contributed by atoms with Crippen LogP contribution in [0.25, 0.3) is 11.0 Å². The minimum atomic E-state index is -0.346. The number of nitrogens with zero attached hydrogens (tertiary/aromatic N) is 4. The summed E-state index contributed by atoms with van der Waals surface area (Å²) < 4.78 is 8.04. The van der Waals surface area contributed by atoms with Gasteiger partial charge in [-0.2, -0.15) is 0 Å². The van der Waals surface area contributed by atoms with Gasteiger partial charge in [0.2, 0.25) is 0 Å². The summed E-state index contributed by atoms with van der Waals surface area (Å²) in [5, 5.41) is 0.560. The zero-order chi connectivity index (χ0) is 19.6. The van der Waals surface area contributed by atoms with Crippen LogP contribution in [-0.2, 0) is 25.3 Å². The monoisotopic (exact) mass is 392 g/mol. The van der Waals surface area contributed by atoms with Gasteiger partial charge in [-0.1, -0.05) is 13.8 Å². The predicted molar refractivity (Wildman–Crippen MR) is 109 cm³/mol. The Morgan fingerprint density at radius 2 is 1.89 bits per heavy atom. The normalized spacial score (nSPS) is 15.7. The van der Waals surface area contributed by atoms with E-state index in [-0.39, 0.29) is 11.2 Å². The largest absolute Gasteiger partial charge is 0.379 e. The van der Waals surface area contributed by atoms with Crippen LogP contribution in [-0.4, -0.2) is 57.6 Å². The second-order valence-corrected chi connectivity index (χ2v) is 8.52. The second kappa shape index (κ2) is 8.58. The van der Waals surface area contributed by atoms with Gasteiger partial charge in [0.1, 0.15) is 5.65 Å². The molecule has 0 saturated carbocycles. The van der Waals surface area contributed by atoms with Crippen LogP contribution in [0.5, 0.6) is 0 Å². The van der Waals surface area contributed by atoms with Crippen LogP contribution in [0.4, 0.5) is 0 Å². The number of fused-ring (bicyclic) bond motifs is 1. The number of hydrogen-bond donors (Lipinski definition) is 0. The molecule has 1 fully saturated rings. The lowest BCUT2D eigenvalue weighted by atomic mass is 10.0. The van der Waals surface area contributed by atoms with Crippen molar-refractivity contribution in [1.29, 1.82) is 0 Å². The Morgan fingerprint density at radius 3 is 2.56 bits per heavy atom. The maximum atomic E-state index is 12.9. The van der Waals surface area contributed by atoms with Crippen LogP contribution in [0, 0.1) is 5.92 Å². The smallest absolute Gasteiger partial charge is 0.332 e. The maximum absolute atomic E-state index is 12.9. The van der Waals surface area contributed by atoms with E-state index in [9.17, 15) is 9.59 Å². The van der Waals surface area contributed by atoms with Crippen LogP contribution >= 0.6 is 11.8 Å². The number of morpholine rings is 1. The molecule has 0 atom stereocenters. The Morgan fingerprint density at radius 1 is 1.19 bits per heavy atom. The van der Waals surface area contributed by atoms with Crippen molar-refractivity contribution in [2.45, 2.75) is 25.2 Å². The predicted octanol–water partition coefficient (Wildman–Crippen LogP) is 1.26. The molecule has 0 spiro atoms. The van der Waals surface area contributed by atoms with Crippen molar-refractivity contribution in [2.75, 3.05) is 38.6 Å². The van der Waals surface area contributed by atoms with E-state index in [1.165, 1.54) is 16.2 Å². The molecule has 2 aromatic heterocycles. The van der Waals surface area contributed by atoms with E-state index in [1.54, 1.807) is 18.8 Å². The molecular formula is C19H28N4O3S. The molecule has 3 rings (SSSR count). The highest BCUT2D eigenvalue weighted by atomic mass is 32.2. The van der Waals surface area contributed by atoms with Crippen molar-refractivity contribution in [3.63, 3.8) is 0 Å². The average molecular weight is 393 g/mol. The second-order valence-electron chi connectivity index (χ2n) is 7.42. The quantitative estimate of drug-likeness (QED) is 0.690. The fourth-order valence-electron chi connectivity index (χ4n) is 3.39. The molecule has 1 aliphatic heterocycles. The van der Waals surface area contributed by atoms with E-state index in [4.69, 9.17) is 4.74 Å². The highest BCUT2D eigenvalue weighted by molar-refractivity contribution is 7.99. The SMILES string of the molecule is CC(C)Cc1cnc2c(c1SCCN1CCOCC1)c(=O)n(C)c(=O)n2C. The number of thioether (sulfide) groups is 1. The highest BCUT2D eigenvalue weighted by Crippen LogP contribution is 2.29. The summed E-state index contributed by atoms with van der Waals surface area (Å²) in [6.45, 7) is 8.73. The molecular weight excluding hydrogens is 364 g/mol. The summed E-state index contributed by atoms with van der Waals surface area (Å²) in [5.74, 6) is 1.34. The lowest BCUT2D eigenvalue weighted by molar-refractivity contribution is 0.0410. The summed E-state index contributed by atoms with van der Waals surface area (Å²) in [7, 11) is 3.20. The maximum Gasteiger partial charge on any atom is 0.332 e. The summed E-state index contributed by atoms with van der Waals surface area (Å²) in [5.41, 5.74) is 0.936. The standard InChI is InChI=1S/C19H28N4O3S/c1-13(2)11-14-12-20-17-15(18(24)22(4)19(25)21(17)3)16(14)27-10-7-23-5-8-26-9-6-23/h12-13H,5-11H2,1-4H3. The van der Waals surface area contributed by atoms with Crippen molar-refractivity contribution in [2.24, 2.45) is 20.0 Å². The van der Waals surface area contributed by atoms with Crippen LogP contribution in [0.2, 0.25) is 0 Å². The molecule has 1 saturated heterocycles. The summed E-state index contributed by atoms with van der Waals surface area (Å²) in [6, 6.07) is 0. The zero-order valence-corrected chi connectivity index (χ0v) is 17.3. The lowest BCUT2D eigenvalue weighted by Crippen LogP contribution is -2.38. The molecule has 8 heteroatoms. The van der Waals surface area contributed by atoms with Crippen LogP contribution in [0.3, 0.4) is 0 Å². The van der Waals surface area contributed by atoms with Gasteiger partial charge in [-0.25, -0.2) is 9.78 Å². The number of rotatable bonds is 6. The first-order chi connectivity index (χ1) is 12.9. The third kappa shape index (κ3) is 4.28. The fourth-order valence-corrected chi connectivity index (χ4v) is 4.59. The van der Waals surface area contributed by atoms with E-state index in [1.807, 2.05) is 6.20 Å². The number of aryl methyl sites for hydroxylation is 1. The minimum absolute atomic E-state index is 0.264. The summed E-state index contributed by atoms with van der Waals surface area (Å²) in [4.78, 5) is 33.0. The average Bonchev–Trinajstić information content (AvgIpc) is 2.66. The topological polar surface area (TPSA) is 69.4 Å². The van der Waals surface area contributed by atoms with E-state index in [0.717, 1.165) is 55.5 Å². The molecule has 0 radical (unpaired) electrons. The first kappa shape index (κ1) is 20.1. The highest BCUT2D eigenvalue weighted by Gasteiger charge is 2.19. The molecule has 27 heavy (non-hydrogen) atoms. The summed E-state index contributed by atoms with van der Waals surface area (Å²) in [6.07, 6.45) is 2.69. The van der Waals surface area contributed by atoms with Crippen LogP contribution in [0.15, 0.2) is 20.7 Å². The molecule has 2 aromatic rings. The van der Waals surface area contributed by atoms with Gasteiger partial charge < -0.3 is 4.74 Å². The van der Waals surface area contributed by atoms with Crippen molar-refractivity contribution >= 4 is 22.8 Å². The third-order valence-electron chi connectivity index (χ3n) is 4.88. The van der Waals surface area contributed by atoms with E-state index in [0.29, 0.717) is 17.0 Å². The molecule has 0 amide bonds. The zero-order valence-electron chi connectivity index (χ0n) is 16.5. The van der Waals surface area contributed by atoms with Gasteiger partial charge in [0.25, 0.3) is 5.56 Å². The van der Waals surface area contributed by atoms with Gasteiger partial charge >= 0.3 is 5.69 Å². The molecule has 0 aliphatic carbocycles. The van der Waals surface area contributed by atoms with Gasteiger partial charge in [0.05, 0.1) is 18.6 Å². The van der Waals surface area contributed by atoms with Crippen molar-refractivity contribution in [1.82, 2.24) is 19.0 Å². The van der Waals surface area contributed by atoms with Crippen molar-refractivity contribution in [3.05, 3.63) is 32.6 Å². The number of pyridine rings is 1. The van der Waals surface area contributed by atoms with Gasteiger partial charge in [0.15, 0.2) is 0 Å². The first-order valence-corrected chi connectivity index (χ1v) is 10.4. The number of hydrogen-bond acceptors (Lipinski definition) is 6. The Kier molecular flexibility index (Phi) is 6.39. The third-order valence-corrected chi connectivity index (χ3v) is 6.02. The fraction of sp³-hybridized carbons (Fsp3) is 0.632. The van der Waals surface area contributed by atoms with Gasteiger partial charge in [-0.15, -0.1) is 11.8 Å². The van der Waals surface area contributed by atoms with Crippen LogP contribution in [0.1, 0.15) is 19.4 Å². The Balaban J connectivity index is 2.00. The minimum Gasteiger partial charge on any atom is -0.379 e. The number of aromatic nitrogens is 3. The molecule has 0 aromatic carbocycles.